The summed E-state index contributed by atoms with van der Waals surface area (Å²) in [5.41, 5.74) is 12.9. The van der Waals surface area contributed by atoms with E-state index in [0.717, 1.165) is 54.7 Å². The summed E-state index contributed by atoms with van der Waals surface area (Å²) in [4.78, 5) is 10.5. The van der Waals surface area contributed by atoms with E-state index in [1.165, 1.54) is 60.2 Å². The summed E-state index contributed by atoms with van der Waals surface area (Å²) in [5, 5.41) is 11.9. The van der Waals surface area contributed by atoms with Gasteiger partial charge in [0, 0.05) is 48.8 Å². The maximum atomic E-state index is 5.36. The maximum Gasteiger partial charge on any atom is 0.0788 e. The van der Waals surface area contributed by atoms with Crippen LogP contribution in [-0.2, 0) is 10.8 Å². The van der Waals surface area contributed by atoms with Crippen molar-refractivity contribution in [3.05, 3.63) is 163 Å². The van der Waals surface area contributed by atoms with Gasteiger partial charge in [0.05, 0.1) is 33.1 Å². The third-order valence-corrected chi connectivity index (χ3v) is 12.2. The number of aromatic nitrogens is 3. The number of nitrogens with zero attached hydrogens (tertiary/aromatic N) is 3. The number of hydrogen-bond donors (Lipinski definition) is 0. The Hall–Kier alpha value is -6.58. The normalized spacial score (nSPS) is 12.7. The molecule has 0 saturated heterocycles. The number of hydrogen-bond acceptors (Lipinski definition) is 2. The quantitative estimate of drug-likeness (QED) is 0.131. The zero-order valence-electron chi connectivity index (χ0n) is 33.3. The van der Waals surface area contributed by atoms with Gasteiger partial charge in [-0.2, -0.15) is 0 Å². The summed E-state index contributed by atoms with van der Waals surface area (Å²) in [6.45, 7) is 13.8. The van der Waals surface area contributed by atoms with Crippen LogP contribution in [0.3, 0.4) is 0 Å². The third-order valence-electron chi connectivity index (χ3n) is 12.2. The molecule has 0 atom stereocenters. The monoisotopic (exact) mass is 733 g/mol. The first-order valence-corrected chi connectivity index (χ1v) is 20.1. The molecule has 0 bridgehead atoms. The Balaban J connectivity index is 1.03. The van der Waals surface area contributed by atoms with Gasteiger partial charge in [0.1, 0.15) is 0 Å². The van der Waals surface area contributed by atoms with Crippen LogP contribution in [0.25, 0.3) is 104 Å². The van der Waals surface area contributed by atoms with Gasteiger partial charge < -0.3 is 4.57 Å². The molecule has 11 aromatic rings. The van der Waals surface area contributed by atoms with Crippen LogP contribution >= 0.6 is 0 Å². The van der Waals surface area contributed by atoms with Crippen molar-refractivity contribution in [2.24, 2.45) is 0 Å². The van der Waals surface area contributed by atoms with E-state index in [-0.39, 0.29) is 10.8 Å². The van der Waals surface area contributed by atoms with Crippen LogP contribution in [0.15, 0.2) is 152 Å². The second-order valence-corrected chi connectivity index (χ2v) is 18.0. The molecular weight excluding hydrogens is 691 g/mol. The molecule has 0 amide bonds. The van der Waals surface area contributed by atoms with Crippen molar-refractivity contribution in [1.82, 2.24) is 14.5 Å². The molecule has 3 heterocycles. The van der Waals surface area contributed by atoms with Gasteiger partial charge in [-0.05, 0) is 117 Å². The van der Waals surface area contributed by atoms with Crippen molar-refractivity contribution >= 4 is 87.0 Å². The van der Waals surface area contributed by atoms with Crippen LogP contribution in [-0.4, -0.2) is 14.5 Å². The molecule has 57 heavy (non-hydrogen) atoms. The lowest BCUT2D eigenvalue weighted by atomic mass is 9.85. The molecule has 0 fully saturated rings. The summed E-state index contributed by atoms with van der Waals surface area (Å²) in [6.07, 6.45) is 0. The van der Waals surface area contributed by atoms with E-state index in [9.17, 15) is 0 Å². The van der Waals surface area contributed by atoms with Crippen molar-refractivity contribution < 1.29 is 0 Å². The van der Waals surface area contributed by atoms with Gasteiger partial charge >= 0.3 is 0 Å². The number of para-hydroxylation sites is 1. The van der Waals surface area contributed by atoms with Gasteiger partial charge in [-0.25, -0.2) is 9.97 Å². The molecule has 0 N–H and O–H groups in total. The van der Waals surface area contributed by atoms with E-state index in [2.05, 4.69) is 198 Å². The van der Waals surface area contributed by atoms with Gasteiger partial charge in [0.2, 0.25) is 0 Å². The first-order valence-electron chi connectivity index (χ1n) is 20.1. The topological polar surface area (TPSA) is 30.7 Å². The smallest absolute Gasteiger partial charge is 0.0788 e. The van der Waals surface area contributed by atoms with E-state index in [1.54, 1.807) is 0 Å². The average molecular weight is 734 g/mol. The molecule has 0 aliphatic heterocycles. The molecule has 3 nitrogen and oxygen atoms in total. The SMILES string of the molecule is CC(C)(C)c1ccc2c(c1)c1cc(C(C)(C)C)ccc1n2-c1ccc(-c2cccc3nc4c(ccc5cc6c(ccc7cc8ccccc8nc76)cc54)cc23)cc1. The summed E-state index contributed by atoms with van der Waals surface area (Å²) in [6, 6.07) is 56.1. The van der Waals surface area contributed by atoms with Crippen LogP contribution < -0.4 is 0 Å². The molecule has 0 saturated carbocycles. The first kappa shape index (κ1) is 33.7. The maximum absolute atomic E-state index is 5.36. The first-order chi connectivity index (χ1) is 27.5. The molecule has 0 radical (unpaired) electrons. The van der Waals surface area contributed by atoms with E-state index in [1.807, 2.05) is 0 Å². The largest absolute Gasteiger partial charge is 0.309 e. The predicted octanol–water partition coefficient (Wildman–Crippen LogP) is 14.8. The Morgan fingerprint density at radius 3 is 1.53 bits per heavy atom. The molecule has 0 unspecified atom stereocenters. The fourth-order valence-electron chi connectivity index (χ4n) is 8.98. The molecule has 0 aliphatic carbocycles. The molecule has 0 spiro atoms. The highest BCUT2D eigenvalue weighted by Crippen LogP contribution is 2.40. The van der Waals surface area contributed by atoms with Crippen molar-refractivity contribution in [2.45, 2.75) is 52.4 Å². The molecule has 8 aromatic carbocycles. The number of rotatable bonds is 2. The lowest BCUT2D eigenvalue weighted by Gasteiger charge is -2.19. The fraction of sp³-hybridized carbons (Fsp3) is 0.148. The Kier molecular flexibility index (Phi) is 7.08. The summed E-state index contributed by atoms with van der Waals surface area (Å²) in [7, 11) is 0. The summed E-state index contributed by atoms with van der Waals surface area (Å²) >= 11 is 0. The van der Waals surface area contributed by atoms with Crippen LogP contribution in [0.4, 0.5) is 0 Å². The Labute approximate surface area is 332 Å². The highest BCUT2D eigenvalue weighted by atomic mass is 15.0. The summed E-state index contributed by atoms with van der Waals surface area (Å²) < 4.78 is 2.43. The van der Waals surface area contributed by atoms with Gasteiger partial charge in [-0.3, -0.25) is 0 Å². The van der Waals surface area contributed by atoms with Crippen molar-refractivity contribution in [2.75, 3.05) is 0 Å². The number of pyridine rings is 2. The van der Waals surface area contributed by atoms with Crippen molar-refractivity contribution in [1.29, 1.82) is 0 Å². The standard InChI is InChI=1S/C54H43N3/c1-53(2,3)38-20-24-49-45(30-38)46-31-39(54(4,5)6)21-25-50(46)57(49)40-22-18-32(19-23-40)41-11-9-13-48-44(41)29-37-17-15-34-27-42-33(28-43(34)52(37)56-48)14-16-36-26-35-10-7-8-12-47(35)55-51(36)42/h7-31H,1-6H3. The van der Waals surface area contributed by atoms with Crippen LogP contribution in [0.2, 0.25) is 0 Å². The second-order valence-electron chi connectivity index (χ2n) is 18.0. The number of benzene rings is 8. The third kappa shape index (κ3) is 5.33. The van der Waals surface area contributed by atoms with E-state index < -0.39 is 0 Å². The van der Waals surface area contributed by atoms with E-state index >= 15 is 0 Å². The Bertz CT molecular complexity index is 3390. The Morgan fingerprint density at radius 2 is 0.912 bits per heavy atom. The average Bonchev–Trinajstić information content (AvgIpc) is 3.54. The van der Waals surface area contributed by atoms with E-state index in [4.69, 9.17) is 9.97 Å². The second kappa shape index (κ2) is 12.0. The lowest BCUT2D eigenvalue weighted by molar-refractivity contribution is 0.590. The van der Waals surface area contributed by atoms with Crippen molar-refractivity contribution in [3.8, 4) is 16.8 Å². The predicted molar refractivity (Wildman–Crippen MR) is 244 cm³/mol. The van der Waals surface area contributed by atoms with Crippen molar-refractivity contribution in [3.63, 3.8) is 0 Å². The minimum absolute atomic E-state index is 0.0646. The minimum Gasteiger partial charge on any atom is -0.309 e. The zero-order valence-corrected chi connectivity index (χ0v) is 33.3. The molecule has 274 valence electrons. The van der Waals surface area contributed by atoms with Gasteiger partial charge in [-0.1, -0.05) is 120 Å². The van der Waals surface area contributed by atoms with Crippen LogP contribution in [0, 0.1) is 0 Å². The fourth-order valence-corrected chi connectivity index (χ4v) is 8.98. The highest BCUT2D eigenvalue weighted by Gasteiger charge is 2.21. The van der Waals surface area contributed by atoms with Gasteiger partial charge in [-0.15, -0.1) is 0 Å². The minimum atomic E-state index is 0.0646. The lowest BCUT2D eigenvalue weighted by Crippen LogP contribution is -2.10. The molecule has 3 aromatic heterocycles. The molecule has 11 rings (SSSR count). The Morgan fingerprint density at radius 1 is 0.386 bits per heavy atom. The van der Waals surface area contributed by atoms with Crippen LogP contribution in [0.5, 0.6) is 0 Å². The zero-order chi connectivity index (χ0) is 38.8. The van der Waals surface area contributed by atoms with Gasteiger partial charge in [0.25, 0.3) is 0 Å². The van der Waals surface area contributed by atoms with Gasteiger partial charge in [0.15, 0.2) is 0 Å². The molecule has 3 heteroatoms. The molecule has 0 aliphatic rings. The molecular formula is C54H43N3. The van der Waals surface area contributed by atoms with Crippen LogP contribution in [0.1, 0.15) is 52.7 Å². The van der Waals surface area contributed by atoms with E-state index in [0.29, 0.717) is 0 Å². The number of fused-ring (bicyclic) bond motifs is 11. The summed E-state index contributed by atoms with van der Waals surface area (Å²) in [5.74, 6) is 0. The highest BCUT2D eigenvalue weighted by molar-refractivity contribution is 6.18.